The van der Waals surface area contributed by atoms with E-state index in [1.165, 1.54) is 42.7 Å². The van der Waals surface area contributed by atoms with Gasteiger partial charge in [0.2, 0.25) is 0 Å². The summed E-state index contributed by atoms with van der Waals surface area (Å²) < 4.78 is 23.8. The molecular formula is C12H10ClN3O3S. The number of carbonyl (C=O) groups excluding carboxylic acids is 1. The van der Waals surface area contributed by atoms with Crippen LogP contribution in [0.5, 0.6) is 0 Å². The van der Waals surface area contributed by atoms with Crippen molar-refractivity contribution in [2.24, 2.45) is 0 Å². The van der Waals surface area contributed by atoms with Crippen molar-refractivity contribution in [3.05, 3.63) is 59.4 Å². The van der Waals surface area contributed by atoms with E-state index >= 15 is 0 Å². The van der Waals surface area contributed by atoms with Crippen molar-refractivity contribution in [2.75, 3.05) is 0 Å². The molecule has 0 unspecified atom stereocenters. The summed E-state index contributed by atoms with van der Waals surface area (Å²) in [5.74, 6) is -0.601. The molecule has 0 aliphatic carbocycles. The van der Waals surface area contributed by atoms with E-state index in [2.05, 4.69) is 10.4 Å². The molecule has 0 aliphatic rings. The number of aromatic nitrogens is 1. The number of pyridine rings is 1. The lowest BCUT2D eigenvalue weighted by atomic mass is 10.3. The number of hydrazine groups is 1. The van der Waals surface area contributed by atoms with Crippen molar-refractivity contribution in [3.63, 3.8) is 0 Å². The minimum atomic E-state index is -3.84. The fourth-order valence-corrected chi connectivity index (χ4v) is 2.32. The smallest absolute Gasteiger partial charge is 0.267 e. The predicted molar refractivity (Wildman–Crippen MR) is 73.5 cm³/mol. The zero-order chi connectivity index (χ0) is 14.6. The normalized spacial score (nSPS) is 11.1. The average molecular weight is 312 g/mol. The summed E-state index contributed by atoms with van der Waals surface area (Å²) in [6.07, 6.45) is 2.83. The van der Waals surface area contributed by atoms with E-state index in [0.29, 0.717) is 5.02 Å². The summed E-state index contributed by atoms with van der Waals surface area (Å²) >= 11 is 5.68. The molecule has 20 heavy (non-hydrogen) atoms. The number of hydrogen-bond donors (Lipinski definition) is 2. The van der Waals surface area contributed by atoms with E-state index in [1.807, 2.05) is 4.83 Å². The van der Waals surface area contributed by atoms with Gasteiger partial charge in [-0.05, 0) is 36.4 Å². The third kappa shape index (κ3) is 3.53. The molecule has 0 aliphatic heterocycles. The van der Waals surface area contributed by atoms with Crippen LogP contribution in [-0.4, -0.2) is 19.3 Å². The van der Waals surface area contributed by atoms with Crippen LogP contribution in [-0.2, 0) is 10.0 Å². The molecule has 0 saturated carbocycles. The monoisotopic (exact) mass is 311 g/mol. The highest BCUT2D eigenvalue weighted by atomic mass is 35.5. The summed E-state index contributed by atoms with van der Waals surface area (Å²) in [6, 6.07) is 8.64. The first-order valence-electron chi connectivity index (χ1n) is 5.47. The van der Waals surface area contributed by atoms with Crippen molar-refractivity contribution in [1.29, 1.82) is 0 Å². The molecule has 0 saturated heterocycles. The van der Waals surface area contributed by atoms with Gasteiger partial charge in [-0.1, -0.05) is 11.6 Å². The Hall–Kier alpha value is -1.96. The van der Waals surface area contributed by atoms with E-state index in [4.69, 9.17) is 11.6 Å². The third-order valence-corrected chi connectivity index (χ3v) is 3.86. The van der Waals surface area contributed by atoms with E-state index in [0.717, 1.165) is 0 Å². The first kappa shape index (κ1) is 14.4. The van der Waals surface area contributed by atoms with Crippen LogP contribution in [0.1, 0.15) is 10.4 Å². The van der Waals surface area contributed by atoms with Gasteiger partial charge in [-0.15, -0.1) is 4.83 Å². The molecule has 2 aromatic rings. The third-order valence-electron chi connectivity index (χ3n) is 2.35. The van der Waals surface area contributed by atoms with Crippen molar-refractivity contribution < 1.29 is 13.2 Å². The first-order valence-corrected chi connectivity index (χ1v) is 7.33. The quantitative estimate of drug-likeness (QED) is 0.834. The maximum atomic E-state index is 11.9. The molecule has 6 nitrogen and oxygen atoms in total. The lowest BCUT2D eigenvalue weighted by molar-refractivity contribution is 0.0944. The summed E-state index contributed by atoms with van der Waals surface area (Å²) in [6.45, 7) is 0. The van der Waals surface area contributed by atoms with Crippen LogP contribution >= 0.6 is 11.6 Å². The summed E-state index contributed by atoms with van der Waals surface area (Å²) in [5, 5.41) is 0.420. The van der Waals surface area contributed by atoms with Crippen LogP contribution in [0.25, 0.3) is 0 Å². The first-order chi connectivity index (χ1) is 9.49. The van der Waals surface area contributed by atoms with Gasteiger partial charge in [0.05, 0.1) is 10.5 Å². The van der Waals surface area contributed by atoms with Gasteiger partial charge in [0.15, 0.2) is 0 Å². The van der Waals surface area contributed by atoms with E-state index in [1.54, 1.807) is 6.07 Å². The van der Waals surface area contributed by atoms with Crippen LogP contribution in [0.4, 0.5) is 0 Å². The standard InChI is InChI=1S/C12H10ClN3O3S/c13-10-3-5-11(6-4-10)20(18,19)16-15-12(17)9-2-1-7-14-8-9/h1-8,16H,(H,15,17). The molecule has 1 amide bonds. The lowest BCUT2D eigenvalue weighted by Gasteiger charge is -2.08. The van der Waals surface area contributed by atoms with Crippen LogP contribution in [0.3, 0.4) is 0 Å². The number of nitrogens with one attached hydrogen (secondary N) is 2. The maximum absolute atomic E-state index is 11.9. The molecule has 104 valence electrons. The number of halogens is 1. The number of amides is 1. The summed E-state index contributed by atoms with van der Waals surface area (Å²) in [5.41, 5.74) is 2.34. The Morgan fingerprint density at radius 3 is 2.45 bits per heavy atom. The number of benzene rings is 1. The topological polar surface area (TPSA) is 88.2 Å². The Morgan fingerprint density at radius 2 is 1.85 bits per heavy atom. The highest BCUT2D eigenvalue weighted by Gasteiger charge is 2.15. The van der Waals surface area contributed by atoms with E-state index < -0.39 is 15.9 Å². The average Bonchev–Trinajstić information content (AvgIpc) is 2.46. The van der Waals surface area contributed by atoms with Gasteiger partial charge >= 0.3 is 0 Å². The summed E-state index contributed by atoms with van der Waals surface area (Å²) in [4.78, 5) is 17.4. The lowest BCUT2D eigenvalue weighted by Crippen LogP contribution is -2.41. The molecule has 0 fully saturated rings. The minimum absolute atomic E-state index is 0.00612. The van der Waals surface area contributed by atoms with Crippen LogP contribution in [0, 0.1) is 0 Å². The number of nitrogens with zero attached hydrogens (tertiary/aromatic N) is 1. The van der Waals surface area contributed by atoms with Crippen LogP contribution in [0.2, 0.25) is 5.02 Å². The molecule has 2 rings (SSSR count). The van der Waals surface area contributed by atoms with Gasteiger partial charge in [0.1, 0.15) is 0 Å². The molecule has 0 spiro atoms. The van der Waals surface area contributed by atoms with Crippen LogP contribution < -0.4 is 10.3 Å². The van der Waals surface area contributed by atoms with Gasteiger partial charge in [-0.3, -0.25) is 15.2 Å². The zero-order valence-corrected chi connectivity index (χ0v) is 11.6. The fourth-order valence-electron chi connectivity index (χ4n) is 1.36. The zero-order valence-electron chi connectivity index (χ0n) is 10.1. The molecule has 0 atom stereocenters. The number of rotatable bonds is 4. The second-order valence-corrected chi connectivity index (χ2v) is 5.87. The fraction of sp³-hybridized carbons (Fsp3) is 0. The highest BCUT2D eigenvalue weighted by molar-refractivity contribution is 7.89. The van der Waals surface area contributed by atoms with Gasteiger partial charge < -0.3 is 0 Å². The Kier molecular flexibility index (Phi) is 4.33. The Bertz CT molecular complexity index is 702. The van der Waals surface area contributed by atoms with E-state index in [9.17, 15) is 13.2 Å². The molecule has 0 bridgehead atoms. The molecule has 2 N–H and O–H groups in total. The minimum Gasteiger partial charge on any atom is -0.273 e. The predicted octanol–water partition coefficient (Wildman–Crippen LogP) is 1.36. The van der Waals surface area contributed by atoms with Gasteiger partial charge in [-0.25, -0.2) is 8.42 Å². The molecule has 8 heteroatoms. The summed E-state index contributed by atoms with van der Waals surface area (Å²) in [7, 11) is -3.84. The molecule has 0 radical (unpaired) electrons. The second kappa shape index (κ2) is 6.00. The Labute approximate surface area is 120 Å². The Morgan fingerprint density at radius 1 is 1.15 bits per heavy atom. The van der Waals surface area contributed by atoms with Crippen molar-refractivity contribution >= 4 is 27.5 Å². The van der Waals surface area contributed by atoms with Gasteiger partial charge in [-0.2, -0.15) is 0 Å². The van der Waals surface area contributed by atoms with Crippen molar-refractivity contribution in [2.45, 2.75) is 4.90 Å². The molecule has 1 aromatic carbocycles. The van der Waals surface area contributed by atoms with Gasteiger partial charge in [0.25, 0.3) is 15.9 Å². The largest absolute Gasteiger partial charge is 0.273 e. The SMILES string of the molecule is O=C(NNS(=O)(=O)c1ccc(Cl)cc1)c1cccnc1. The molecule has 1 heterocycles. The molecular weight excluding hydrogens is 302 g/mol. The number of sulfonamides is 1. The van der Waals surface area contributed by atoms with Crippen molar-refractivity contribution in [1.82, 2.24) is 15.2 Å². The maximum Gasteiger partial charge on any atom is 0.267 e. The molecule has 1 aromatic heterocycles. The van der Waals surface area contributed by atoms with Crippen LogP contribution in [0.15, 0.2) is 53.7 Å². The van der Waals surface area contributed by atoms with Crippen molar-refractivity contribution in [3.8, 4) is 0 Å². The highest BCUT2D eigenvalue weighted by Crippen LogP contribution is 2.13. The second-order valence-electron chi connectivity index (χ2n) is 3.76. The number of carbonyl (C=O) groups is 1. The Balaban J connectivity index is 2.06. The van der Waals surface area contributed by atoms with E-state index in [-0.39, 0.29) is 10.5 Å². The van der Waals surface area contributed by atoms with Gasteiger partial charge in [0, 0.05) is 17.4 Å². The number of hydrogen-bond acceptors (Lipinski definition) is 4.